The summed E-state index contributed by atoms with van der Waals surface area (Å²) in [6.07, 6.45) is 0. The van der Waals surface area contributed by atoms with E-state index in [-0.39, 0.29) is 11.6 Å². The van der Waals surface area contributed by atoms with Crippen molar-refractivity contribution in [3.8, 4) is 0 Å². The molecule has 1 aromatic heterocycles. The van der Waals surface area contributed by atoms with Crippen LogP contribution in [0, 0.1) is 0 Å². The molecule has 0 bridgehead atoms. The van der Waals surface area contributed by atoms with Crippen LogP contribution < -0.4 is 15.8 Å². The maximum atomic E-state index is 12.3. The first-order valence-electron chi connectivity index (χ1n) is 7.24. The van der Waals surface area contributed by atoms with E-state index in [1.807, 2.05) is 4.90 Å². The first-order chi connectivity index (χ1) is 11.1. The Morgan fingerprint density at radius 2 is 1.96 bits per heavy atom. The second-order valence-electron chi connectivity index (χ2n) is 5.19. The van der Waals surface area contributed by atoms with Crippen LogP contribution in [-0.4, -0.2) is 47.3 Å². The summed E-state index contributed by atoms with van der Waals surface area (Å²) >= 11 is 5.91. The van der Waals surface area contributed by atoms with Gasteiger partial charge in [-0.15, -0.1) is 0 Å². The van der Waals surface area contributed by atoms with Gasteiger partial charge >= 0.3 is 6.03 Å². The van der Waals surface area contributed by atoms with Crippen molar-refractivity contribution in [2.45, 2.75) is 0 Å². The molecule has 1 saturated heterocycles. The van der Waals surface area contributed by atoms with Crippen LogP contribution in [-0.2, 0) is 0 Å². The van der Waals surface area contributed by atoms with Crippen molar-refractivity contribution in [2.75, 3.05) is 36.4 Å². The fourth-order valence-electron chi connectivity index (χ4n) is 2.42. The molecule has 120 valence electrons. The fraction of sp³-hybridized carbons (Fsp3) is 0.267. The van der Waals surface area contributed by atoms with Crippen molar-refractivity contribution in [3.05, 3.63) is 51.8 Å². The maximum Gasteiger partial charge on any atom is 0.321 e. The van der Waals surface area contributed by atoms with E-state index in [1.54, 1.807) is 35.2 Å². The number of amides is 2. The monoisotopic (exact) mass is 333 g/mol. The summed E-state index contributed by atoms with van der Waals surface area (Å²) in [4.78, 5) is 27.1. The summed E-state index contributed by atoms with van der Waals surface area (Å²) in [6.45, 7) is 2.46. The number of rotatable bonds is 2. The first-order valence-corrected chi connectivity index (χ1v) is 7.62. The number of nitrogens with zero attached hydrogens (tertiary/aromatic N) is 3. The van der Waals surface area contributed by atoms with Gasteiger partial charge < -0.3 is 15.1 Å². The molecule has 7 nitrogen and oxygen atoms in total. The largest absolute Gasteiger partial charge is 0.352 e. The smallest absolute Gasteiger partial charge is 0.321 e. The Balaban J connectivity index is 1.57. The van der Waals surface area contributed by atoms with Crippen molar-refractivity contribution in [1.82, 2.24) is 15.1 Å². The summed E-state index contributed by atoms with van der Waals surface area (Å²) in [5, 5.41) is 9.84. The predicted octanol–water partition coefficient (Wildman–Crippen LogP) is 1.78. The molecule has 0 spiro atoms. The third-order valence-corrected chi connectivity index (χ3v) is 3.87. The minimum Gasteiger partial charge on any atom is -0.352 e. The Hall–Kier alpha value is -2.54. The zero-order valence-electron chi connectivity index (χ0n) is 12.3. The lowest BCUT2D eigenvalue weighted by molar-refractivity contribution is 0.208. The molecule has 1 aliphatic rings. The van der Waals surface area contributed by atoms with E-state index < -0.39 is 0 Å². The van der Waals surface area contributed by atoms with Gasteiger partial charge in [-0.3, -0.25) is 4.79 Å². The predicted molar refractivity (Wildman–Crippen MR) is 89.1 cm³/mol. The van der Waals surface area contributed by atoms with Crippen LogP contribution in [0.2, 0.25) is 5.02 Å². The lowest BCUT2D eigenvalue weighted by Crippen LogP contribution is -2.50. The normalized spacial score (nSPS) is 14.7. The number of urea groups is 1. The van der Waals surface area contributed by atoms with Crippen molar-refractivity contribution in [2.24, 2.45) is 0 Å². The molecular formula is C15H16ClN5O2. The highest BCUT2D eigenvalue weighted by atomic mass is 35.5. The van der Waals surface area contributed by atoms with Gasteiger partial charge in [0, 0.05) is 43.0 Å². The summed E-state index contributed by atoms with van der Waals surface area (Å²) in [5.74, 6) is 0.708. The molecular weight excluding hydrogens is 318 g/mol. The number of piperazine rings is 1. The Morgan fingerprint density at radius 1 is 1.17 bits per heavy atom. The fourth-order valence-corrected chi connectivity index (χ4v) is 2.61. The summed E-state index contributed by atoms with van der Waals surface area (Å²) in [5.41, 5.74) is 0.445. The van der Waals surface area contributed by atoms with E-state index in [1.165, 1.54) is 6.07 Å². The third kappa shape index (κ3) is 3.81. The number of carbonyl (C=O) groups is 1. The number of aromatic nitrogens is 2. The van der Waals surface area contributed by atoms with Gasteiger partial charge in [-0.2, -0.15) is 5.10 Å². The SMILES string of the molecule is O=C(Nc1cccc(Cl)c1)N1CCN(c2ccc(=O)[nH]n2)CC1. The highest BCUT2D eigenvalue weighted by Crippen LogP contribution is 2.16. The first kappa shape index (κ1) is 15.4. The molecule has 2 amide bonds. The topological polar surface area (TPSA) is 81.3 Å². The number of H-pyrrole nitrogens is 1. The van der Waals surface area contributed by atoms with E-state index in [2.05, 4.69) is 15.5 Å². The lowest BCUT2D eigenvalue weighted by Gasteiger charge is -2.35. The number of aromatic amines is 1. The van der Waals surface area contributed by atoms with Gasteiger partial charge in [0.2, 0.25) is 0 Å². The van der Waals surface area contributed by atoms with Crippen LogP contribution in [0.15, 0.2) is 41.2 Å². The molecule has 8 heteroatoms. The number of benzene rings is 1. The Labute approximate surface area is 137 Å². The second-order valence-corrected chi connectivity index (χ2v) is 5.63. The van der Waals surface area contributed by atoms with Gasteiger partial charge in [0.05, 0.1) is 0 Å². The maximum absolute atomic E-state index is 12.3. The van der Waals surface area contributed by atoms with Crippen LogP contribution in [0.1, 0.15) is 0 Å². The molecule has 1 fully saturated rings. The van der Waals surface area contributed by atoms with Crippen LogP contribution in [0.4, 0.5) is 16.3 Å². The molecule has 23 heavy (non-hydrogen) atoms. The van der Waals surface area contributed by atoms with Gasteiger partial charge in [-0.25, -0.2) is 9.89 Å². The number of carbonyl (C=O) groups excluding carboxylic acids is 1. The van der Waals surface area contributed by atoms with Crippen LogP contribution in [0.3, 0.4) is 0 Å². The summed E-state index contributed by atoms with van der Waals surface area (Å²) < 4.78 is 0. The highest BCUT2D eigenvalue weighted by molar-refractivity contribution is 6.30. The quantitative estimate of drug-likeness (QED) is 0.877. The van der Waals surface area contributed by atoms with E-state index in [4.69, 9.17) is 11.6 Å². The summed E-state index contributed by atoms with van der Waals surface area (Å²) in [6, 6.07) is 10.0. The average molecular weight is 334 g/mol. The zero-order valence-corrected chi connectivity index (χ0v) is 13.1. The zero-order chi connectivity index (χ0) is 16.2. The van der Waals surface area contributed by atoms with Gasteiger partial charge in [-0.05, 0) is 24.3 Å². The van der Waals surface area contributed by atoms with Gasteiger partial charge in [0.1, 0.15) is 5.82 Å². The van der Waals surface area contributed by atoms with E-state index >= 15 is 0 Å². The van der Waals surface area contributed by atoms with Crippen molar-refractivity contribution in [3.63, 3.8) is 0 Å². The van der Waals surface area contributed by atoms with Crippen molar-refractivity contribution in [1.29, 1.82) is 0 Å². The molecule has 0 radical (unpaired) electrons. The molecule has 0 saturated carbocycles. The Bertz CT molecular complexity index is 735. The van der Waals surface area contributed by atoms with Crippen LogP contribution in [0.25, 0.3) is 0 Å². The van der Waals surface area contributed by atoms with E-state index in [0.717, 1.165) is 0 Å². The molecule has 0 aliphatic carbocycles. The number of hydrogen-bond acceptors (Lipinski definition) is 4. The second kappa shape index (κ2) is 6.70. The number of hydrogen-bond donors (Lipinski definition) is 2. The molecule has 1 aromatic carbocycles. The molecule has 0 unspecified atom stereocenters. The number of nitrogens with one attached hydrogen (secondary N) is 2. The van der Waals surface area contributed by atoms with Crippen molar-refractivity contribution >= 4 is 29.1 Å². The van der Waals surface area contributed by atoms with Gasteiger partial charge in [-0.1, -0.05) is 17.7 Å². The molecule has 2 heterocycles. The molecule has 3 rings (SSSR count). The molecule has 2 aromatic rings. The average Bonchev–Trinajstić information content (AvgIpc) is 2.56. The lowest BCUT2D eigenvalue weighted by atomic mass is 10.3. The number of halogens is 1. The summed E-state index contributed by atoms with van der Waals surface area (Å²) in [7, 11) is 0. The molecule has 2 N–H and O–H groups in total. The van der Waals surface area contributed by atoms with Crippen LogP contribution in [0.5, 0.6) is 0 Å². The number of anilines is 2. The molecule has 0 atom stereocenters. The Kier molecular flexibility index (Phi) is 4.47. The van der Waals surface area contributed by atoms with E-state index in [0.29, 0.717) is 42.7 Å². The van der Waals surface area contributed by atoms with Gasteiger partial charge in [0.25, 0.3) is 5.56 Å². The minimum absolute atomic E-state index is 0.152. The van der Waals surface area contributed by atoms with Gasteiger partial charge in [0.15, 0.2) is 0 Å². The standard InChI is InChI=1S/C15H16ClN5O2/c16-11-2-1-3-12(10-11)17-15(23)21-8-6-20(7-9-21)13-4-5-14(22)19-18-13/h1-5,10H,6-9H2,(H,17,23)(H,19,22). The Morgan fingerprint density at radius 3 is 2.61 bits per heavy atom. The van der Waals surface area contributed by atoms with E-state index in [9.17, 15) is 9.59 Å². The highest BCUT2D eigenvalue weighted by Gasteiger charge is 2.22. The minimum atomic E-state index is -0.228. The third-order valence-electron chi connectivity index (χ3n) is 3.63. The van der Waals surface area contributed by atoms with Crippen LogP contribution >= 0.6 is 11.6 Å². The molecule has 1 aliphatic heterocycles. The van der Waals surface area contributed by atoms with Crippen molar-refractivity contribution < 1.29 is 4.79 Å².